The Labute approximate surface area is 224 Å². The van der Waals surface area contributed by atoms with E-state index < -0.39 is 60.4 Å². The second kappa shape index (κ2) is 15.1. The molecule has 9 N–H and O–H groups in total. The van der Waals surface area contributed by atoms with Crippen LogP contribution in [0.4, 0.5) is 0 Å². The largest absolute Gasteiger partial charge is 0.508 e. The first-order chi connectivity index (χ1) is 18.5. The van der Waals surface area contributed by atoms with Crippen LogP contribution in [0.3, 0.4) is 0 Å². The Morgan fingerprint density at radius 3 is 1.79 bits per heavy atom. The molecule has 2 aromatic carbocycles. The second-order valence-electron chi connectivity index (χ2n) is 8.80. The minimum Gasteiger partial charge on any atom is -0.508 e. The number of benzene rings is 2. The van der Waals surface area contributed by atoms with Crippen LogP contribution in [-0.2, 0) is 36.8 Å². The summed E-state index contributed by atoms with van der Waals surface area (Å²) in [5.41, 5.74) is 6.83. The maximum absolute atomic E-state index is 13.2. The van der Waals surface area contributed by atoms with E-state index in [-0.39, 0.29) is 31.4 Å². The average molecular weight is 545 g/mol. The molecule has 13 nitrogen and oxygen atoms in total. The number of hydrogen-bond acceptors (Lipinski definition) is 8. The fourth-order valence-electron chi connectivity index (χ4n) is 3.55. The number of phenolic OH excluding ortho intramolecular Hbond substituents is 1. The number of carboxylic acids is 2. The lowest BCUT2D eigenvalue weighted by atomic mass is 10.0. The van der Waals surface area contributed by atoms with Gasteiger partial charge in [0.1, 0.15) is 23.9 Å². The molecule has 0 saturated carbocycles. The molecule has 210 valence electrons. The summed E-state index contributed by atoms with van der Waals surface area (Å²) in [6.45, 7) is -0.859. The number of aromatic hydroxyl groups is 1. The van der Waals surface area contributed by atoms with E-state index in [1.165, 1.54) is 24.3 Å². The Bertz CT molecular complexity index is 1140. The van der Waals surface area contributed by atoms with Crippen LogP contribution in [-0.4, -0.2) is 80.9 Å². The van der Waals surface area contributed by atoms with Crippen LogP contribution in [0.5, 0.6) is 5.75 Å². The Balaban J connectivity index is 2.18. The molecule has 0 radical (unpaired) electrons. The normalized spacial score (nSPS) is 13.8. The van der Waals surface area contributed by atoms with Crippen molar-refractivity contribution in [1.82, 2.24) is 16.0 Å². The zero-order chi connectivity index (χ0) is 28.9. The van der Waals surface area contributed by atoms with Crippen molar-refractivity contribution in [1.29, 1.82) is 0 Å². The fourth-order valence-corrected chi connectivity index (χ4v) is 3.55. The van der Waals surface area contributed by atoms with Crippen LogP contribution in [0.2, 0.25) is 0 Å². The van der Waals surface area contributed by atoms with Crippen LogP contribution in [0.25, 0.3) is 0 Å². The molecule has 0 aliphatic rings. The standard InChI is InChI=1S/C26H32N4O9/c27-18(10-11-22(33)34)23(35)30-21(14-31)25(37)28-19(12-16-6-8-17(32)9-7-16)24(36)29-20(26(38)39)13-15-4-2-1-3-5-15/h1-9,18-21,31-32H,10-14,27H2,(H,28,37)(H,29,36)(H,30,35)(H,33,34)(H,38,39). The van der Waals surface area contributed by atoms with Crippen molar-refractivity contribution >= 4 is 29.7 Å². The summed E-state index contributed by atoms with van der Waals surface area (Å²) < 4.78 is 0. The van der Waals surface area contributed by atoms with Gasteiger partial charge in [-0.25, -0.2) is 4.79 Å². The Hall–Kier alpha value is -4.49. The molecule has 3 amide bonds. The molecule has 4 unspecified atom stereocenters. The molecule has 0 spiro atoms. The number of amides is 3. The summed E-state index contributed by atoms with van der Waals surface area (Å²) >= 11 is 0. The van der Waals surface area contributed by atoms with Gasteiger partial charge in [0.2, 0.25) is 17.7 Å². The third kappa shape index (κ3) is 10.4. The number of aliphatic hydroxyl groups excluding tert-OH is 1. The van der Waals surface area contributed by atoms with E-state index in [0.29, 0.717) is 11.1 Å². The van der Waals surface area contributed by atoms with Crippen molar-refractivity contribution in [2.24, 2.45) is 5.73 Å². The van der Waals surface area contributed by atoms with Crippen LogP contribution in [0.15, 0.2) is 54.6 Å². The van der Waals surface area contributed by atoms with Crippen molar-refractivity contribution in [2.45, 2.75) is 49.9 Å². The number of nitrogens with one attached hydrogen (secondary N) is 3. The highest BCUT2D eigenvalue weighted by atomic mass is 16.4. The predicted molar refractivity (Wildman–Crippen MR) is 137 cm³/mol. The molecule has 4 atom stereocenters. The summed E-state index contributed by atoms with van der Waals surface area (Å²) in [5.74, 6) is -5.15. The van der Waals surface area contributed by atoms with Gasteiger partial charge >= 0.3 is 11.9 Å². The first-order valence-corrected chi connectivity index (χ1v) is 12.0. The molecule has 0 aliphatic carbocycles. The van der Waals surface area contributed by atoms with E-state index in [2.05, 4.69) is 16.0 Å². The summed E-state index contributed by atoms with van der Waals surface area (Å²) in [4.78, 5) is 60.9. The number of carbonyl (C=O) groups excluding carboxylic acids is 3. The van der Waals surface area contributed by atoms with E-state index in [0.717, 1.165) is 0 Å². The van der Waals surface area contributed by atoms with E-state index in [4.69, 9.17) is 10.8 Å². The Morgan fingerprint density at radius 1 is 0.718 bits per heavy atom. The van der Waals surface area contributed by atoms with Crippen LogP contribution in [0.1, 0.15) is 24.0 Å². The quantitative estimate of drug-likeness (QED) is 0.135. The Kier molecular flexibility index (Phi) is 11.9. The van der Waals surface area contributed by atoms with Gasteiger partial charge in [0, 0.05) is 19.3 Å². The van der Waals surface area contributed by atoms with Crippen LogP contribution < -0.4 is 21.7 Å². The number of carbonyl (C=O) groups is 5. The van der Waals surface area contributed by atoms with E-state index in [9.17, 15) is 39.3 Å². The summed E-state index contributed by atoms with van der Waals surface area (Å²) in [6, 6.07) is 8.94. The maximum Gasteiger partial charge on any atom is 0.326 e. The van der Waals surface area contributed by atoms with E-state index >= 15 is 0 Å². The second-order valence-corrected chi connectivity index (χ2v) is 8.80. The zero-order valence-electron chi connectivity index (χ0n) is 20.9. The highest BCUT2D eigenvalue weighted by molar-refractivity contribution is 5.94. The molecule has 2 rings (SSSR count). The van der Waals surface area contributed by atoms with Gasteiger partial charge in [-0.05, 0) is 29.7 Å². The van der Waals surface area contributed by atoms with Gasteiger partial charge in [-0.3, -0.25) is 19.2 Å². The number of hydrogen-bond donors (Lipinski definition) is 8. The van der Waals surface area contributed by atoms with Crippen LogP contribution >= 0.6 is 0 Å². The van der Waals surface area contributed by atoms with Gasteiger partial charge in [-0.15, -0.1) is 0 Å². The summed E-state index contributed by atoms with van der Waals surface area (Å²) in [6.07, 6.45) is -0.719. The minimum atomic E-state index is -1.52. The fraction of sp³-hybridized carbons (Fsp3) is 0.346. The zero-order valence-corrected chi connectivity index (χ0v) is 20.9. The molecule has 39 heavy (non-hydrogen) atoms. The van der Waals surface area contributed by atoms with Crippen molar-refractivity contribution in [2.75, 3.05) is 6.61 Å². The molecule has 13 heteroatoms. The number of phenols is 1. The summed E-state index contributed by atoms with van der Waals surface area (Å²) in [5, 5.41) is 44.7. The van der Waals surface area contributed by atoms with E-state index in [1.54, 1.807) is 30.3 Å². The van der Waals surface area contributed by atoms with Gasteiger partial charge < -0.3 is 42.1 Å². The van der Waals surface area contributed by atoms with Crippen LogP contribution in [0, 0.1) is 0 Å². The lowest BCUT2D eigenvalue weighted by Crippen LogP contribution is -2.58. The SMILES string of the molecule is NC(CCC(=O)O)C(=O)NC(CO)C(=O)NC(Cc1ccc(O)cc1)C(=O)NC(Cc1ccccc1)C(=O)O. The number of nitrogens with two attached hydrogens (primary N) is 1. The molecule has 0 aromatic heterocycles. The van der Waals surface area contributed by atoms with Gasteiger partial charge in [0.15, 0.2) is 0 Å². The highest BCUT2D eigenvalue weighted by Crippen LogP contribution is 2.12. The van der Waals surface area contributed by atoms with E-state index in [1.807, 2.05) is 0 Å². The lowest BCUT2D eigenvalue weighted by molar-refractivity contribution is -0.142. The molecule has 0 bridgehead atoms. The number of aliphatic hydroxyl groups is 1. The third-order valence-corrected chi connectivity index (χ3v) is 5.73. The highest BCUT2D eigenvalue weighted by Gasteiger charge is 2.30. The predicted octanol–water partition coefficient (Wildman–Crippen LogP) is -1.10. The first-order valence-electron chi connectivity index (χ1n) is 12.0. The topological polar surface area (TPSA) is 228 Å². The molecule has 0 fully saturated rings. The van der Waals surface area contributed by atoms with Crippen molar-refractivity contribution < 1.29 is 44.4 Å². The number of aliphatic carboxylic acids is 2. The van der Waals surface area contributed by atoms with Crippen molar-refractivity contribution in [3.8, 4) is 5.75 Å². The Morgan fingerprint density at radius 2 is 1.23 bits per heavy atom. The number of rotatable bonds is 15. The monoisotopic (exact) mass is 544 g/mol. The molecule has 0 aliphatic heterocycles. The van der Waals surface area contributed by atoms with Gasteiger partial charge in [0.25, 0.3) is 0 Å². The molecule has 0 heterocycles. The van der Waals surface area contributed by atoms with Gasteiger partial charge in [-0.1, -0.05) is 42.5 Å². The number of carboxylic acid groups (broad SMARTS) is 2. The van der Waals surface area contributed by atoms with Crippen molar-refractivity contribution in [3.05, 3.63) is 65.7 Å². The average Bonchev–Trinajstić information content (AvgIpc) is 2.90. The first kappa shape index (κ1) is 30.7. The maximum atomic E-state index is 13.2. The van der Waals surface area contributed by atoms with Gasteiger partial charge in [-0.2, -0.15) is 0 Å². The molecular formula is C26H32N4O9. The third-order valence-electron chi connectivity index (χ3n) is 5.73. The molecule has 0 saturated heterocycles. The molecular weight excluding hydrogens is 512 g/mol. The van der Waals surface area contributed by atoms with Gasteiger partial charge in [0.05, 0.1) is 12.6 Å². The summed E-state index contributed by atoms with van der Waals surface area (Å²) in [7, 11) is 0. The molecule has 2 aromatic rings. The smallest absolute Gasteiger partial charge is 0.326 e. The van der Waals surface area contributed by atoms with Crippen molar-refractivity contribution in [3.63, 3.8) is 0 Å². The lowest BCUT2D eigenvalue weighted by Gasteiger charge is -2.24. The minimum absolute atomic E-state index is 0.0225.